The summed E-state index contributed by atoms with van der Waals surface area (Å²) in [6.45, 7) is 5.36. The van der Waals surface area contributed by atoms with Crippen molar-refractivity contribution in [2.45, 2.75) is 32.3 Å². The molecule has 0 N–H and O–H groups in total. The summed E-state index contributed by atoms with van der Waals surface area (Å²) < 4.78 is 16.9. The second-order valence-electron chi connectivity index (χ2n) is 5.40. The molecule has 1 aliphatic rings. The van der Waals surface area contributed by atoms with Crippen LogP contribution in [0.25, 0.3) is 0 Å². The maximum Gasteiger partial charge on any atom is 0.120 e. The fraction of sp³-hybridized carbons (Fsp3) is 0.368. The van der Waals surface area contributed by atoms with Gasteiger partial charge in [-0.3, -0.25) is 0 Å². The van der Waals surface area contributed by atoms with E-state index in [1.165, 1.54) is 5.56 Å². The van der Waals surface area contributed by atoms with Gasteiger partial charge in [0.25, 0.3) is 0 Å². The van der Waals surface area contributed by atoms with E-state index in [0.717, 1.165) is 23.7 Å². The smallest absolute Gasteiger partial charge is 0.120 e. The third-order valence-corrected chi connectivity index (χ3v) is 3.77. The average molecular weight is 298 g/mol. The first-order valence-electron chi connectivity index (χ1n) is 7.92. The van der Waals surface area contributed by atoms with Gasteiger partial charge in [-0.05, 0) is 62.2 Å². The van der Waals surface area contributed by atoms with Gasteiger partial charge in [0.15, 0.2) is 0 Å². The van der Waals surface area contributed by atoms with Crippen molar-refractivity contribution < 1.29 is 14.2 Å². The Balaban J connectivity index is 1.55. The van der Waals surface area contributed by atoms with Crippen molar-refractivity contribution in [3.63, 3.8) is 0 Å². The van der Waals surface area contributed by atoms with Crippen molar-refractivity contribution in [1.82, 2.24) is 0 Å². The van der Waals surface area contributed by atoms with Crippen LogP contribution >= 0.6 is 0 Å². The molecule has 0 radical (unpaired) electrons. The normalized spacial score (nSPS) is 19.5. The second-order valence-corrected chi connectivity index (χ2v) is 5.40. The van der Waals surface area contributed by atoms with E-state index in [-0.39, 0.29) is 6.10 Å². The summed E-state index contributed by atoms with van der Waals surface area (Å²) in [5.41, 5.74) is 1.32. The number of benzene rings is 2. The van der Waals surface area contributed by atoms with Crippen molar-refractivity contribution in [3.8, 4) is 17.2 Å². The molecule has 2 unspecified atom stereocenters. The molecule has 3 nitrogen and oxygen atoms in total. The van der Waals surface area contributed by atoms with Crippen molar-refractivity contribution >= 4 is 0 Å². The van der Waals surface area contributed by atoms with Crippen LogP contribution < -0.4 is 14.2 Å². The van der Waals surface area contributed by atoms with Crippen LogP contribution in [0.5, 0.6) is 17.2 Å². The highest BCUT2D eigenvalue weighted by Crippen LogP contribution is 2.44. The van der Waals surface area contributed by atoms with Crippen LogP contribution in [0.1, 0.15) is 31.7 Å². The van der Waals surface area contributed by atoms with E-state index >= 15 is 0 Å². The van der Waals surface area contributed by atoms with E-state index in [0.29, 0.717) is 19.1 Å². The zero-order chi connectivity index (χ0) is 15.4. The van der Waals surface area contributed by atoms with Crippen LogP contribution in [0, 0.1) is 0 Å². The number of rotatable bonds is 7. The Morgan fingerprint density at radius 1 is 0.773 bits per heavy atom. The second kappa shape index (κ2) is 6.73. The topological polar surface area (TPSA) is 27.7 Å². The molecule has 2 aromatic carbocycles. The van der Waals surface area contributed by atoms with Gasteiger partial charge in [-0.1, -0.05) is 12.1 Å². The van der Waals surface area contributed by atoms with Gasteiger partial charge in [0.1, 0.15) is 23.4 Å². The third kappa shape index (κ3) is 3.53. The van der Waals surface area contributed by atoms with Crippen molar-refractivity contribution in [1.29, 1.82) is 0 Å². The van der Waals surface area contributed by atoms with Crippen molar-refractivity contribution in [3.05, 3.63) is 54.1 Å². The minimum absolute atomic E-state index is 0.274. The molecular weight excluding hydrogens is 276 g/mol. The van der Waals surface area contributed by atoms with E-state index in [1.54, 1.807) is 0 Å². The maximum atomic E-state index is 6.02. The van der Waals surface area contributed by atoms with Gasteiger partial charge in [-0.2, -0.15) is 0 Å². The van der Waals surface area contributed by atoms with E-state index in [9.17, 15) is 0 Å². The lowest BCUT2D eigenvalue weighted by atomic mass is 10.1. The SMILES string of the molecule is CCOc1ccc(OC2CC2c2ccc(OCC)cc2)cc1. The third-order valence-electron chi connectivity index (χ3n) is 3.77. The van der Waals surface area contributed by atoms with Crippen LogP contribution in [0.4, 0.5) is 0 Å². The highest BCUT2D eigenvalue weighted by atomic mass is 16.5. The number of hydrogen-bond donors (Lipinski definition) is 0. The summed E-state index contributed by atoms with van der Waals surface area (Å²) >= 11 is 0. The predicted molar refractivity (Wildman–Crippen MR) is 87.0 cm³/mol. The summed E-state index contributed by atoms with van der Waals surface area (Å²) in [5, 5.41) is 0. The van der Waals surface area contributed by atoms with Crippen LogP contribution in [0.15, 0.2) is 48.5 Å². The van der Waals surface area contributed by atoms with Gasteiger partial charge in [-0.25, -0.2) is 0 Å². The minimum atomic E-state index is 0.274. The molecule has 0 aliphatic heterocycles. The summed E-state index contributed by atoms with van der Waals surface area (Å²) in [4.78, 5) is 0. The molecule has 0 amide bonds. The highest BCUT2D eigenvalue weighted by molar-refractivity contribution is 5.35. The van der Waals surface area contributed by atoms with E-state index in [1.807, 2.05) is 50.2 Å². The lowest BCUT2D eigenvalue weighted by molar-refractivity contribution is 0.294. The van der Waals surface area contributed by atoms with E-state index in [2.05, 4.69) is 12.1 Å². The molecule has 3 heteroatoms. The van der Waals surface area contributed by atoms with Crippen LogP contribution in [0.2, 0.25) is 0 Å². The first kappa shape index (κ1) is 14.8. The molecule has 1 saturated carbocycles. The van der Waals surface area contributed by atoms with Crippen molar-refractivity contribution in [2.24, 2.45) is 0 Å². The van der Waals surface area contributed by atoms with E-state index < -0.39 is 0 Å². The average Bonchev–Trinajstić information content (AvgIpc) is 3.30. The van der Waals surface area contributed by atoms with Crippen molar-refractivity contribution in [2.75, 3.05) is 13.2 Å². The molecule has 22 heavy (non-hydrogen) atoms. The number of ether oxygens (including phenoxy) is 3. The standard InChI is InChI=1S/C19H22O3/c1-3-20-15-7-5-14(6-8-15)18-13-19(18)22-17-11-9-16(10-12-17)21-4-2/h5-12,18-19H,3-4,13H2,1-2H3. The van der Waals surface area contributed by atoms with Gasteiger partial charge in [0.05, 0.1) is 13.2 Å². The zero-order valence-electron chi connectivity index (χ0n) is 13.1. The Bertz CT molecular complexity index is 589. The minimum Gasteiger partial charge on any atom is -0.494 e. The molecule has 2 atom stereocenters. The molecule has 1 aliphatic carbocycles. The van der Waals surface area contributed by atoms with E-state index in [4.69, 9.17) is 14.2 Å². The zero-order valence-corrected chi connectivity index (χ0v) is 13.1. The van der Waals surface area contributed by atoms with Gasteiger partial charge >= 0.3 is 0 Å². The predicted octanol–water partition coefficient (Wildman–Crippen LogP) is 4.42. The van der Waals surface area contributed by atoms with Gasteiger partial charge in [0.2, 0.25) is 0 Å². The van der Waals surface area contributed by atoms with Crippen LogP contribution in [-0.4, -0.2) is 19.3 Å². The Kier molecular flexibility index (Phi) is 4.52. The quantitative estimate of drug-likeness (QED) is 0.757. The first-order chi connectivity index (χ1) is 10.8. The summed E-state index contributed by atoms with van der Waals surface area (Å²) in [5.74, 6) is 3.20. The molecule has 116 valence electrons. The molecule has 1 fully saturated rings. The largest absolute Gasteiger partial charge is 0.494 e. The summed E-state index contributed by atoms with van der Waals surface area (Å²) in [6, 6.07) is 16.2. The lowest BCUT2D eigenvalue weighted by Gasteiger charge is -2.08. The first-order valence-corrected chi connectivity index (χ1v) is 7.92. The summed E-state index contributed by atoms with van der Waals surface area (Å²) in [6.07, 6.45) is 1.34. The molecule has 0 heterocycles. The number of hydrogen-bond acceptors (Lipinski definition) is 3. The Hall–Kier alpha value is -2.16. The Morgan fingerprint density at radius 2 is 1.27 bits per heavy atom. The molecule has 0 bridgehead atoms. The Labute approximate surface area is 131 Å². The fourth-order valence-electron chi connectivity index (χ4n) is 2.59. The molecule has 0 aromatic heterocycles. The maximum absolute atomic E-state index is 6.02. The van der Waals surface area contributed by atoms with Crippen LogP contribution in [-0.2, 0) is 0 Å². The molecular formula is C19H22O3. The molecule has 0 saturated heterocycles. The lowest BCUT2D eigenvalue weighted by Crippen LogP contribution is -2.00. The highest BCUT2D eigenvalue weighted by Gasteiger charge is 2.40. The van der Waals surface area contributed by atoms with Gasteiger partial charge in [0, 0.05) is 5.92 Å². The molecule has 3 rings (SSSR count). The molecule has 0 spiro atoms. The monoisotopic (exact) mass is 298 g/mol. The Morgan fingerprint density at radius 3 is 1.82 bits per heavy atom. The summed E-state index contributed by atoms with van der Waals surface area (Å²) in [7, 11) is 0. The van der Waals surface area contributed by atoms with Gasteiger partial charge in [-0.15, -0.1) is 0 Å². The fourth-order valence-corrected chi connectivity index (χ4v) is 2.59. The molecule has 2 aromatic rings. The van der Waals surface area contributed by atoms with Gasteiger partial charge < -0.3 is 14.2 Å². The van der Waals surface area contributed by atoms with Crippen LogP contribution in [0.3, 0.4) is 0 Å².